The summed E-state index contributed by atoms with van der Waals surface area (Å²) in [5, 5.41) is 0. The normalized spacial score (nSPS) is 18.2. The molecule has 1 amide bonds. The van der Waals surface area contributed by atoms with Crippen LogP contribution in [0, 0.1) is 5.92 Å². The van der Waals surface area contributed by atoms with Crippen molar-refractivity contribution in [3.8, 4) is 11.5 Å². The zero-order valence-electron chi connectivity index (χ0n) is 15.4. The van der Waals surface area contributed by atoms with Gasteiger partial charge in [-0.1, -0.05) is 13.0 Å². The first kappa shape index (κ1) is 18.6. The number of carbonyl (C=O) groups excluding carboxylic acids is 1. The summed E-state index contributed by atoms with van der Waals surface area (Å²) in [6.07, 6.45) is 3.14. The number of amides is 1. The summed E-state index contributed by atoms with van der Waals surface area (Å²) in [7, 11) is 5.10. The Morgan fingerprint density at radius 3 is 2.71 bits per heavy atom. The zero-order chi connectivity index (χ0) is 17.5. The average Bonchev–Trinajstić information content (AvgIpc) is 2.59. The van der Waals surface area contributed by atoms with E-state index in [-0.39, 0.29) is 5.91 Å². The number of rotatable bonds is 7. The molecule has 0 aromatic heterocycles. The summed E-state index contributed by atoms with van der Waals surface area (Å²) in [4.78, 5) is 16.6. The molecule has 0 spiro atoms. The van der Waals surface area contributed by atoms with E-state index in [1.165, 1.54) is 12.8 Å². The summed E-state index contributed by atoms with van der Waals surface area (Å²) in [6.45, 7) is 5.97. The molecular formula is C19H30N2O3. The fourth-order valence-electron chi connectivity index (χ4n) is 3.28. The molecule has 1 fully saturated rings. The summed E-state index contributed by atoms with van der Waals surface area (Å²) >= 11 is 0. The first-order chi connectivity index (χ1) is 11.5. The monoisotopic (exact) mass is 334 g/mol. The molecule has 1 aromatic rings. The van der Waals surface area contributed by atoms with Crippen molar-refractivity contribution in [3.05, 3.63) is 23.8 Å². The van der Waals surface area contributed by atoms with Crippen LogP contribution in [-0.2, 0) is 11.3 Å². The van der Waals surface area contributed by atoms with Gasteiger partial charge in [0.05, 0.1) is 14.2 Å². The number of carbonyl (C=O) groups is 1. The number of benzene rings is 1. The third kappa shape index (κ3) is 5.13. The summed E-state index contributed by atoms with van der Waals surface area (Å²) in [5.41, 5.74) is 1.04. The Hall–Kier alpha value is -1.75. The minimum Gasteiger partial charge on any atom is -0.493 e. The van der Waals surface area contributed by atoms with Gasteiger partial charge in [0.2, 0.25) is 5.91 Å². The van der Waals surface area contributed by atoms with Crippen molar-refractivity contribution in [1.29, 1.82) is 0 Å². The third-order valence-corrected chi connectivity index (χ3v) is 4.68. The van der Waals surface area contributed by atoms with Crippen molar-refractivity contribution in [2.45, 2.75) is 32.7 Å². The Morgan fingerprint density at radius 2 is 2.04 bits per heavy atom. The van der Waals surface area contributed by atoms with Crippen molar-refractivity contribution < 1.29 is 14.3 Å². The van der Waals surface area contributed by atoms with Gasteiger partial charge in [0.15, 0.2) is 11.5 Å². The molecule has 1 aliphatic heterocycles. The van der Waals surface area contributed by atoms with Crippen molar-refractivity contribution in [2.24, 2.45) is 5.92 Å². The molecule has 0 radical (unpaired) electrons. The van der Waals surface area contributed by atoms with Crippen LogP contribution in [0.15, 0.2) is 18.2 Å². The lowest BCUT2D eigenvalue weighted by Crippen LogP contribution is -2.37. The highest BCUT2D eigenvalue weighted by Crippen LogP contribution is 2.28. The summed E-state index contributed by atoms with van der Waals surface area (Å²) in [5.74, 6) is 2.33. The molecule has 0 bridgehead atoms. The highest BCUT2D eigenvalue weighted by molar-refractivity contribution is 5.76. The number of hydrogen-bond donors (Lipinski definition) is 0. The molecule has 2 rings (SSSR count). The van der Waals surface area contributed by atoms with Crippen LogP contribution in [0.5, 0.6) is 11.5 Å². The second-order valence-corrected chi connectivity index (χ2v) is 6.74. The van der Waals surface area contributed by atoms with Crippen molar-refractivity contribution in [1.82, 2.24) is 9.80 Å². The predicted octanol–water partition coefficient (Wildman–Crippen LogP) is 2.78. The Kier molecular flexibility index (Phi) is 6.91. The lowest BCUT2D eigenvalue weighted by atomic mass is 10.0. The molecular weight excluding hydrogens is 304 g/mol. The predicted molar refractivity (Wildman–Crippen MR) is 95.5 cm³/mol. The van der Waals surface area contributed by atoms with Crippen LogP contribution in [0.25, 0.3) is 0 Å². The van der Waals surface area contributed by atoms with Crippen molar-refractivity contribution in [2.75, 3.05) is 40.9 Å². The van der Waals surface area contributed by atoms with Gasteiger partial charge in [-0.15, -0.1) is 0 Å². The Labute approximate surface area is 145 Å². The van der Waals surface area contributed by atoms with E-state index in [2.05, 4.69) is 11.8 Å². The molecule has 0 aliphatic carbocycles. The maximum absolute atomic E-state index is 12.4. The lowest BCUT2D eigenvalue weighted by Gasteiger charge is -2.31. The van der Waals surface area contributed by atoms with Crippen LogP contribution >= 0.6 is 0 Å². The maximum Gasteiger partial charge on any atom is 0.223 e. The molecule has 24 heavy (non-hydrogen) atoms. The number of likely N-dealkylation sites (tertiary alicyclic amines) is 1. The number of ether oxygens (including phenoxy) is 2. The highest BCUT2D eigenvalue weighted by atomic mass is 16.5. The molecule has 1 aliphatic rings. The molecule has 0 unspecified atom stereocenters. The van der Waals surface area contributed by atoms with Gasteiger partial charge in [-0.3, -0.25) is 4.79 Å². The topological polar surface area (TPSA) is 42.0 Å². The van der Waals surface area contributed by atoms with Gasteiger partial charge >= 0.3 is 0 Å². The van der Waals surface area contributed by atoms with Gasteiger partial charge in [-0.05, 0) is 43.0 Å². The SMILES string of the molecule is COc1ccc(CN(C)C(=O)CCN2CCC[C@@H](C)C2)cc1OC. The van der Waals surface area contributed by atoms with E-state index in [0.29, 0.717) is 24.5 Å². The number of methoxy groups -OCH3 is 2. The van der Waals surface area contributed by atoms with E-state index >= 15 is 0 Å². The maximum atomic E-state index is 12.4. The standard InChI is InChI=1S/C19H30N2O3/c1-15-6-5-10-21(13-15)11-9-19(22)20(2)14-16-7-8-17(23-3)18(12-16)24-4/h7-8,12,15H,5-6,9-11,13-14H2,1-4H3/t15-/m1/s1. The van der Waals surface area contributed by atoms with Crippen LogP contribution in [0.3, 0.4) is 0 Å². The Morgan fingerprint density at radius 1 is 1.29 bits per heavy atom. The molecule has 0 N–H and O–H groups in total. The molecule has 1 atom stereocenters. The van der Waals surface area contributed by atoms with E-state index in [1.807, 2.05) is 25.2 Å². The quantitative estimate of drug-likeness (QED) is 0.769. The molecule has 1 heterocycles. The molecule has 134 valence electrons. The van der Waals surface area contributed by atoms with Gasteiger partial charge in [-0.25, -0.2) is 0 Å². The molecule has 5 nitrogen and oxygen atoms in total. The van der Waals surface area contributed by atoms with Crippen molar-refractivity contribution in [3.63, 3.8) is 0 Å². The fraction of sp³-hybridized carbons (Fsp3) is 0.632. The number of nitrogens with zero attached hydrogens (tertiary/aromatic N) is 2. The van der Waals surface area contributed by atoms with Crippen LogP contribution in [0.4, 0.5) is 0 Å². The molecule has 1 aromatic carbocycles. The largest absolute Gasteiger partial charge is 0.493 e. The van der Waals surface area contributed by atoms with Gasteiger partial charge < -0.3 is 19.3 Å². The summed E-state index contributed by atoms with van der Waals surface area (Å²) < 4.78 is 10.6. The smallest absolute Gasteiger partial charge is 0.223 e. The van der Waals surface area contributed by atoms with Crippen LogP contribution in [0.2, 0.25) is 0 Å². The second kappa shape index (κ2) is 8.92. The van der Waals surface area contributed by atoms with E-state index in [9.17, 15) is 4.79 Å². The lowest BCUT2D eigenvalue weighted by molar-refractivity contribution is -0.130. The third-order valence-electron chi connectivity index (χ3n) is 4.68. The summed E-state index contributed by atoms with van der Waals surface area (Å²) in [6, 6.07) is 5.77. The first-order valence-corrected chi connectivity index (χ1v) is 8.70. The van der Waals surface area contributed by atoms with E-state index in [1.54, 1.807) is 19.1 Å². The van der Waals surface area contributed by atoms with E-state index < -0.39 is 0 Å². The van der Waals surface area contributed by atoms with E-state index in [4.69, 9.17) is 9.47 Å². The fourth-order valence-corrected chi connectivity index (χ4v) is 3.28. The second-order valence-electron chi connectivity index (χ2n) is 6.74. The first-order valence-electron chi connectivity index (χ1n) is 8.70. The minimum absolute atomic E-state index is 0.183. The molecule has 1 saturated heterocycles. The van der Waals surface area contributed by atoms with Gasteiger partial charge in [0.25, 0.3) is 0 Å². The zero-order valence-corrected chi connectivity index (χ0v) is 15.4. The minimum atomic E-state index is 0.183. The van der Waals surface area contributed by atoms with Gasteiger partial charge in [-0.2, -0.15) is 0 Å². The van der Waals surface area contributed by atoms with Gasteiger partial charge in [0, 0.05) is 33.1 Å². The van der Waals surface area contributed by atoms with Crippen molar-refractivity contribution >= 4 is 5.91 Å². The number of hydrogen-bond acceptors (Lipinski definition) is 4. The average molecular weight is 334 g/mol. The van der Waals surface area contributed by atoms with Crippen LogP contribution < -0.4 is 9.47 Å². The Bertz CT molecular complexity index is 547. The van der Waals surface area contributed by atoms with Gasteiger partial charge in [0.1, 0.15) is 0 Å². The van der Waals surface area contributed by atoms with Crippen LogP contribution in [-0.4, -0.2) is 56.6 Å². The van der Waals surface area contributed by atoms with E-state index in [0.717, 1.165) is 31.1 Å². The number of piperidine rings is 1. The highest BCUT2D eigenvalue weighted by Gasteiger charge is 2.18. The van der Waals surface area contributed by atoms with Crippen LogP contribution in [0.1, 0.15) is 31.7 Å². The molecule has 5 heteroatoms. The Balaban J connectivity index is 1.84. The molecule has 0 saturated carbocycles.